The zero-order valence-corrected chi connectivity index (χ0v) is 11.2. The minimum atomic E-state index is -0.674. The quantitative estimate of drug-likeness (QED) is 0.775. The van der Waals surface area contributed by atoms with Crippen LogP contribution in [0.5, 0.6) is 0 Å². The third kappa shape index (κ3) is 3.96. The molecule has 0 aromatic rings. The van der Waals surface area contributed by atoms with E-state index in [0.29, 0.717) is 12.5 Å². The second-order valence-electron chi connectivity index (χ2n) is 5.02. The predicted molar refractivity (Wildman–Crippen MR) is 67.1 cm³/mol. The molecule has 0 amide bonds. The van der Waals surface area contributed by atoms with Gasteiger partial charge in [-0.2, -0.15) is 0 Å². The lowest BCUT2D eigenvalue weighted by Gasteiger charge is -2.40. The van der Waals surface area contributed by atoms with Gasteiger partial charge < -0.3 is 9.84 Å². The molecule has 0 radical (unpaired) electrons. The van der Waals surface area contributed by atoms with Gasteiger partial charge in [-0.1, -0.05) is 13.3 Å². The molecule has 0 spiro atoms. The number of carbonyl (C=O) groups is 1. The summed E-state index contributed by atoms with van der Waals surface area (Å²) < 4.78 is 5.07. The summed E-state index contributed by atoms with van der Waals surface area (Å²) in [4.78, 5) is 13.5. The molecule has 0 saturated carbocycles. The third-order valence-corrected chi connectivity index (χ3v) is 3.92. The Kier molecular flexibility index (Phi) is 5.92. The molecule has 1 fully saturated rings. The van der Waals surface area contributed by atoms with Crippen LogP contribution in [0.15, 0.2) is 0 Å². The molecule has 0 aromatic carbocycles. The van der Waals surface area contributed by atoms with Crippen LogP contribution in [0.4, 0.5) is 0 Å². The zero-order chi connectivity index (χ0) is 12.8. The van der Waals surface area contributed by atoms with Crippen molar-refractivity contribution in [3.8, 4) is 0 Å². The molecule has 1 rings (SSSR count). The van der Waals surface area contributed by atoms with Crippen molar-refractivity contribution < 1.29 is 14.6 Å². The largest absolute Gasteiger partial charge is 0.480 e. The van der Waals surface area contributed by atoms with Crippen molar-refractivity contribution in [1.82, 2.24) is 4.90 Å². The molecule has 100 valence electrons. The Morgan fingerprint density at radius 2 is 2.29 bits per heavy atom. The lowest BCUT2D eigenvalue weighted by molar-refractivity contribution is -0.146. The van der Waals surface area contributed by atoms with Gasteiger partial charge in [0.05, 0.1) is 0 Å². The highest BCUT2D eigenvalue weighted by molar-refractivity contribution is 5.73. The Bertz CT molecular complexity index is 245. The summed E-state index contributed by atoms with van der Waals surface area (Å²) in [5.74, 6) is -0.102. The van der Waals surface area contributed by atoms with Crippen LogP contribution in [0, 0.1) is 5.92 Å². The fourth-order valence-corrected chi connectivity index (χ4v) is 2.65. The molecule has 1 aliphatic rings. The van der Waals surface area contributed by atoms with Crippen molar-refractivity contribution in [3.05, 3.63) is 0 Å². The Morgan fingerprint density at radius 3 is 2.82 bits per heavy atom. The average molecular weight is 243 g/mol. The molecule has 4 heteroatoms. The summed E-state index contributed by atoms with van der Waals surface area (Å²) in [6.07, 6.45) is 3.90. The van der Waals surface area contributed by atoms with Crippen molar-refractivity contribution in [1.29, 1.82) is 0 Å². The fourth-order valence-electron chi connectivity index (χ4n) is 2.65. The van der Waals surface area contributed by atoms with Gasteiger partial charge in [0.15, 0.2) is 0 Å². The predicted octanol–water partition coefficient (Wildman–Crippen LogP) is 1.99. The molecule has 0 aliphatic carbocycles. The highest BCUT2D eigenvalue weighted by atomic mass is 16.5. The Morgan fingerprint density at radius 1 is 1.59 bits per heavy atom. The summed E-state index contributed by atoms with van der Waals surface area (Å²) >= 11 is 0. The normalized spacial score (nSPS) is 27.9. The molecular formula is C13H25NO3. The molecule has 0 aromatic heterocycles. The zero-order valence-electron chi connectivity index (χ0n) is 11.2. The maximum absolute atomic E-state index is 11.3. The molecule has 1 aliphatic heterocycles. The minimum absolute atomic E-state index is 0.286. The van der Waals surface area contributed by atoms with Gasteiger partial charge in [-0.25, -0.2) is 0 Å². The molecule has 1 N–H and O–H groups in total. The van der Waals surface area contributed by atoms with Crippen LogP contribution in [-0.2, 0) is 9.53 Å². The van der Waals surface area contributed by atoms with E-state index in [9.17, 15) is 9.90 Å². The van der Waals surface area contributed by atoms with Crippen molar-refractivity contribution >= 4 is 5.97 Å². The van der Waals surface area contributed by atoms with E-state index >= 15 is 0 Å². The summed E-state index contributed by atoms with van der Waals surface area (Å²) in [6, 6.07) is -0.0191. The highest BCUT2D eigenvalue weighted by Gasteiger charge is 2.34. The van der Waals surface area contributed by atoms with Crippen LogP contribution >= 0.6 is 0 Å². The molecule has 17 heavy (non-hydrogen) atoms. The van der Waals surface area contributed by atoms with Crippen LogP contribution in [0.2, 0.25) is 0 Å². The minimum Gasteiger partial charge on any atom is -0.480 e. The van der Waals surface area contributed by atoms with Crippen molar-refractivity contribution in [2.45, 2.75) is 51.6 Å². The molecule has 4 nitrogen and oxygen atoms in total. The van der Waals surface area contributed by atoms with E-state index in [2.05, 4.69) is 18.7 Å². The number of methoxy groups -OCH3 is 1. The fraction of sp³-hybridized carbons (Fsp3) is 0.923. The Balaban J connectivity index is 2.59. The SMILES string of the molecule is CCC1CCN(C(C)CCOC)C(C(=O)O)C1. The molecule has 1 saturated heterocycles. The summed E-state index contributed by atoms with van der Waals surface area (Å²) in [6.45, 7) is 5.84. The number of aliphatic carboxylic acids is 1. The van der Waals surface area contributed by atoms with Crippen LogP contribution in [-0.4, -0.2) is 48.3 Å². The first-order chi connectivity index (χ1) is 8.10. The molecule has 1 heterocycles. The summed E-state index contributed by atoms with van der Waals surface area (Å²) in [7, 11) is 1.69. The van der Waals surface area contributed by atoms with E-state index in [1.165, 1.54) is 0 Å². The number of likely N-dealkylation sites (tertiary alicyclic amines) is 1. The maximum atomic E-state index is 11.3. The number of nitrogens with zero attached hydrogens (tertiary/aromatic N) is 1. The lowest BCUT2D eigenvalue weighted by Crippen LogP contribution is -2.51. The monoisotopic (exact) mass is 243 g/mol. The summed E-state index contributed by atoms with van der Waals surface area (Å²) in [5.41, 5.74) is 0. The van der Waals surface area contributed by atoms with E-state index in [0.717, 1.165) is 32.2 Å². The van der Waals surface area contributed by atoms with Gasteiger partial charge in [0.2, 0.25) is 0 Å². The second kappa shape index (κ2) is 6.97. The van der Waals surface area contributed by atoms with Crippen LogP contribution in [0.3, 0.4) is 0 Å². The van der Waals surface area contributed by atoms with E-state index in [1.54, 1.807) is 7.11 Å². The number of ether oxygens (including phenoxy) is 1. The van der Waals surface area contributed by atoms with Crippen LogP contribution in [0.1, 0.15) is 39.5 Å². The Labute approximate surface area is 104 Å². The van der Waals surface area contributed by atoms with Gasteiger partial charge in [0.1, 0.15) is 6.04 Å². The van der Waals surface area contributed by atoms with E-state index in [1.807, 2.05) is 0 Å². The molecular weight excluding hydrogens is 218 g/mol. The third-order valence-electron chi connectivity index (χ3n) is 3.92. The number of rotatable bonds is 6. The molecule has 3 atom stereocenters. The average Bonchev–Trinajstić information content (AvgIpc) is 2.35. The van der Waals surface area contributed by atoms with Gasteiger partial charge in [-0.15, -0.1) is 0 Å². The topological polar surface area (TPSA) is 49.8 Å². The number of piperidine rings is 1. The molecule has 3 unspecified atom stereocenters. The summed E-state index contributed by atoms with van der Waals surface area (Å²) in [5, 5.41) is 9.32. The smallest absolute Gasteiger partial charge is 0.320 e. The Hall–Kier alpha value is -0.610. The van der Waals surface area contributed by atoms with Gasteiger partial charge in [-0.05, 0) is 38.6 Å². The van der Waals surface area contributed by atoms with Crippen molar-refractivity contribution in [2.24, 2.45) is 5.92 Å². The highest BCUT2D eigenvalue weighted by Crippen LogP contribution is 2.27. The second-order valence-corrected chi connectivity index (χ2v) is 5.02. The first kappa shape index (κ1) is 14.5. The van der Waals surface area contributed by atoms with E-state index < -0.39 is 5.97 Å². The van der Waals surface area contributed by atoms with Gasteiger partial charge >= 0.3 is 5.97 Å². The first-order valence-electron chi connectivity index (χ1n) is 6.57. The van der Waals surface area contributed by atoms with Crippen LogP contribution < -0.4 is 0 Å². The van der Waals surface area contributed by atoms with Crippen molar-refractivity contribution in [2.75, 3.05) is 20.3 Å². The maximum Gasteiger partial charge on any atom is 0.320 e. The van der Waals surface area contributed by atoms with Gasteiger partial charge in [-0.3, -0.25) is 9.69 Å². The molecule has 0 bridgehead atoms. The standard InChI is InChI=1S/C13H25NO3/c1-4-11-5-7-14(10(2)6-8-17-3)12(9-11)13(15)16/h10-12H,4-9H2,1-3H3,(H,15,16). The lowest BCUT2D eigenvalue weighted by atomic mass is 9.88. The van der Waals surface area contributed by atoms with E-state index in [-0.39, 0.29) is 12.1 Å². The van der Waals surface area contributed by atoms with E-state index in [4.69, 9.17) is 4.74 Å². The number of carboxylic acids is 1. The van der Waals surface area contributed by atoms with Crippen molar-refractivity contribution in [3.63, 3.8) is 0 Å². The van der Waals surface area contributed by atoms with Gasteiger partial charge in [0.25, 0.3) is 0 Å². The first-order valence-corrected chi connectivity index (χ1v) is 6.57. The number of hydrogen-bond donors (Lipinski definition) is 1. The number of hydrogen-bond acceptors (Lipinski definition) is 3. The number of carboxylic acid groups (broad SMARTS) is 1. The van der Waals surface area contributed by atoms with Gasteiger partial charge in [0, 0.05) is 19.8 Å². The van der Waals surface area contributed by atoms with Crippen LogP contribution in [0.25, 0.3) is 0 Å².